The van der Waals surface area contributed by atoms with Gasteiger partial charge in [-0.05, 0) is 12.8 Å². The molecule has 2 N–H and O–H groups in total. The Kier molecular flexibility index (Phi) is 14.7. The average Bonchev–Trinajstić information content (AvgIpc) is 2.58. The Morgan fingerprint density at radius 2 is 1.23 bits per heavy atom. The molecule has 0 unspecified atom stereocenters. The van der Waals surface area contributed by atoms with Crippen LogP contribution in [0.3, 0.4) is 0 Å². The standard InChI is InChI=1S/C20H37NO5/c1-3-4-5-6-7-8-9-10-11-12-13-14-18(22)21(2)17(20(25)26)15-16-19(23)24/h17H,3-16H2,1-2H3,(H,23,24)(H,25,26)/t17-/m0/s1. The zero-order chi connectivity index (χ0) is 19.8. The Balaban J connectivity index is 3.79. The van der Waals surface area contributed by atoms with Gasteiger partial charge >= 0.3 is 11.9 Å². The highest BCUT2D eigenvalue weighted by Crippen LogP contribution is 2.13. The van der Waals surface area contributed by atoms with Gasteiger partial charge in [-0.3, -0.25) is 9.59 Å². The summed E-state index contributed by atoms with van der Waals surface area (Å²) < 4.78 is 0. The molecule has 0 heterocycles. The molecule has 152 valence electrons. The first-order chi connectivity index (χ1) is 12.4. The second kappa shape index (κ2) is 15.6. The van der Waals surface area contributed by atoms with Crippen LogP contribution in [0.2, 0.25) is 0 Å². The number of hydrogen-bond donors (Lipinski definition) is 2. The first kappa shape index (κ1) is 24.4. The first-order valence-corrected chi connectivity index (χ1v) is 10.1. The van der Waals surface area contributed by atoms with E-state index in [1.165, 1.54) is 63.3 Å². The molecule has 0 bridgehead atoms. The summed E-state index contributed by atoms with van der Waals surface area (Å²) in [6.07, 6.45) is 13.2. The molecule has 0 aromatic carbocycles. The van der Waals surface area contributed by atoms with Crippen LogP contribution in [-0.4, -0.2) is 46.0 Å². The Bertz CT molecular complexity index is 411. The van der Waals surface area contributed by atoms with Crippen LogP contribution in [0.15, 0.2) is 0 Å². The molecule has 0 saturated heterocycles. The molecule has 0 spiro atoms. The van der Waals surface area contributed by atoms with Gasteiger partial charge in [-0.1, -0.05) is 71.1 Å². The van der Waals surface area contributed by atoms with E-state index in [-0.39, 0.29) is 18.7 Å². The van der Waals surface area contributed by atoms with Crippen LogP contribution < -0.4 is 0 Å². The number of carbonyl (C=O) groups excluding carboxylic acids is 1. The summed E-state index contributed by atoms with van der Waals surface area (Å²) in [4.78, 5) is 35.1. The predicted octanol–water partition coefficient (Wildman–Crippen LogP) is 4.46. The van der Waals surface area contributed by atoms with E-state index in [9.17, 15) is 19.5 Å². The molecule has 0 aromatic heterocycles. The van der Waals surface area contributed by atoms with Gasteiger partial charge < -0.3 is 15.1 Å². The Labute approximate surface area is 158 Å². The van der Waals surface area contributed by atoms with Crippen molar-refractivity contribution in [2.24, 2.45) is 0 Å². The fourth-order valence-corrected chi connectivity index (χ4v) is 3.03. The molecular weight excluding hydrogens is 334 g/mol. The number of hydrogen-bond acceptors (Lipinski definition) is 3. The largest absolute Gasteiger partial charge is 0.481 e. The lowest BCUT2D eigenvalue weighted by Crippen LogP contribution is -2.42. The average molecular weight is 372 g/mol. The number of aliphatic carboxylic acids is 2. The molecule has 0 rings (SSSR count). The summed E-state index contributed by atoms with van der Waals surface area (Å²) in [6, 6.07) is -1.06. The zero-order valence-corrected chi connectivity index (χ0v) is 16.5. The van der Waals surface area contributed by atoms with E-state index in [0.29, 0.717) is 6.42 Å². The van der Waals surface area contributed by atoms with E-state index in [2.05, 4.69) is 6.92 Å². The molecule has 0 aliphatic carbocycles. The lowest BCUT2D eigenvalue weighted by atomic mass is 10.0. The van der Waals surface area contributed by atoms with Crippen molar-refractivity contribution in [1.82, 2.24) is 4.90 Å². The zero-order valence-electron chi connectivity index (χ0n) is 16.5. The van der Waals surface area contributed by atoms with Gasteiger partial charge in [-0.2, -0.15) is 0 Å². The summed E-state index contributed by atoms with van der Waals surface area (Å²) in [5.41, 5.74) is 0. The molecule has 1 amide bonds. The van der Waals surface area contributed by atoms with Crippen LogP contribution in [0, 0.1) is 0 Å². The normalized spacial score (nSPS) is 11.9. The number of unbranched alkanes of at least 4 members (excludes halogenated alkanes) is 10. The minimum atomic E-state index is -1.15. The number of likely N-dealkylation sites (N-methyl/N-ethyl adjacent to an activating group) is 1. The second-order valence-electron chi connectivity index (χ2n) is 7.08. The molecule has 0 radical (unpaired) electrons. The highest BCUT2D eigenvalue weighted by molar-refractivity contribution is 5.83. The molecule has 1 atom stereocenters. The molecule has 0 aliphatic rings. The van der Waals surface area contributed by atoms with Gasteiger partial charge in [0, 0.05) is 19.9 Å². The SMILES string of the molecule is CCCCCCCCCCCCCC(=O)N(C)[C@@H](CCC(=O)O)C(=O)O. The number of rotatable bonds is 17. The Hall–Kier alpha value is -1.59. The van der Waals surface area contributed by atoms with Gasteiger partial charge in [0.2, 0.25) is 5.91 Å². The molecular formula is C20H37NO5. The topological polar surface area (TPSA) is 94.9 Å². The quantitative estimate of drug-likeness (QED) is 0.368. The molecule has 0 fully saturated rings. The third kappa shape index (κ3) is 12.7. The lowest BCUT2D eigenvalue weighted by molar-refractivity contribution is -0.150. The van der Waals surface area contributed by atoms with Gasteiger partial charge in [0.25, 0.3) is 0 Å². The Morgan fingerprint density at radius 3 is 1.65 bits per heavy atom. The number of nitrogens with zero attached hydrogens (tertiary/aromatic N) is 1. The van der Waals surface area contributed by atoms with E-state index >= 15 is 0 Å². The fourth-order valence-electron chi connectivity index (χ4n) is 3.03. The minimum absolute atomic E-state index is 0.0643. The maximum absolute atomic E-state index is 12.1. The first-order valence-electron chi connectivity index (χ1n) is 10.1. The van der Waals surface area contributed by atoms with Crippen LogP contribution in [0.1, 0.15) is 96.8 Å². The third-order valence-corrected chi connectivity index (χ3v) is 4.77. The molecule has 0 aromatic rings. The molecule has 0 aliphatic heterocycles. The number of carboxylic acids is 2. The smallest absolute Gasteiger partial charge is 0.326 e. The van der Waals surface area contributed by atoms with Crippen molar-refractivity contribution >= 4 is 17.8 Å². The van der Waals surface area contributed by atoms with Crippen molar-refractivity contribution in [2.75, 3.05) is 7.05 Å². The third-order valence-electron chi connectivity index (χ3n) is 4.77. The van der Waals surface area contributed by atoms with E-state index in [4.69, 9.17) is 5.11 Å². The van der Waals surface area contributed by atoms with Gasteiger partial charge in [0.05, 0.1) is 0 Å². The van der Waals surface area contributed by atoms with E-state index in [1.54, 1.807) is 0 Å². The van der Waals surface area contributed by atoms with E-state index in [1.807, 2.05) is 0 Å². The second-order valence-corrected chi connectivity index (χ2v) is 7.08. The highest BCUT2D eigenvalue weighted by atomic mass is 16.4. The summed E-state index contributed by atoms with van der Waals surface area (Å²) in [5, 5.41) is 17.9. The van der Waals surface area contributed by atoms with E-state index in [0.717, 1.165) is 19.3 Å². The summed E-state index contributed by atoms with van der Waals surface area (Å²) in [7, 11) is 1.45. The van der Waals surface area contributed by atoms with Crippen LogP contribution in [0.4, 0.5) is 0 Å². The maximum Gasteiger partial charge on any atom is 0.326 e. The van der Waals surface area contributed by atoms with Crippen LogP contribution in [-0.2, 0) is 14.4 Å². The molecule has 26 heavy (non-hydrogen) atoms. The summed E-state index contributed by atoms with van der Waals surface area (Å²) in [5.74, 6) is -2.43. The van der Waals surface area contributed by atoms with Gasteiger partial charge in [-0.15, -0.1) is 0 Å². The number of amides is 1. The molecule has 0 saturated carbocycles. The maximum atomic E-state index is 12.1. The summed E-state index contributed by atoms with van der Waals surface area (Å²) in [6.45, 7) is 2.22. The predicted molar refractivity (Wildman–Crippen MR) is 102 cm³/mol. The van der Waals surface area contributed by atoms with Crippen molar-refractivity contribution in [3.05, 3.63) is 0 Å². The van der Waals surface area contributed by atoms with Crippen molar-refractivity contribution in [2.45, 2.75) is 103 Å². The van der Waals surface area contributed by atoms with Crippen LogP contribution in [0.5, 0.6) is 0 Å². The fraction of sp³-hybridized carbons (Fsp3) is 0.850. The lowest BCUT2D eigenvalue weighted by Gasteiger charge is -2.24. The molecule has 6 nitrogen and oxygen atoms in total. The van der Waals surface area contributed by atoms with Gasteiger partial charge in [0.1, 0.15) is 6.04 Å². The van der Waals surface area contributed by atoms with Crippen LogP contribution in [0.25, 0.3) is 0 Å². The van der Waals surface area contributed by atoms with Crippen molar-refractivity contribution in [3.63, 3.8) is 0 Å². The van der Waals surface area contributed by atoms with Crippen LogP contribution >= 0.6 is 0 Å². The number of carboxylic acid groups (broad SMARTS) is 2. The Morgan fingerprint density at radius 1 is 0.769 bits per heavy atom. The highest BCUT2D eigenvalue weighted by Gasteiger charge is 2.26. The van der Waals surface area contributed by atoms with Crippen molar-refractivity contribution in [1.29, 1.82) is 0 Å². The monoisotopic (exact) mass is 371 g/mol. The minimum Gasteiger partial charge on any atom is -0.481 e. The van der Waals surface area contributed by atoms with Crippen molar-refractivity contribution < 1.29 is 24.6 Å². The van der Waals surface area contributed by atoms with Crippen molar-refractivity contribution in [3.8, 4) is 0 Å². The molecule has 6 heteroatoms. The van der Waals surface area contributed by atoms with E-state index < -0.39 is 18.0 Å². The van der Waals surface area contributed by atoms with Gasteiger partial charge in [-0.25, -0.2) is 4.79 Å². The number of carbonyl (C=O) groups is 3. The summed E-state index contributed by atoms with van der Waals surface area (Å²) >= 11 is 0. The van der Waals surface area contributed by atoms with Gasteiger partial charge in [0.15, 0.2) is 0 Å².